The van der Waals surface area contributed by atoms with E-state index >= 15 is 0 Å². The maximum absolute atomic E-state index is 12.3. The van der Waals surface area contributed by atoms with Gasteiger partial charge in [-0.05, 0) is 13.8 Å². The van der Waals surface area contributed by atoms with Crippen molar-refractivity contribution in [1.29, 1.82) is 5.26 Å². The number of hydrogen-bond donors (Lipinski definition) is 2. The summed E-state index contributed by atoms with van der Waals surface area (Å²) in [7, 11) is 0. The zero-order valence-corrected chi connectivity index (χ0v) is 12.7. The molecule has 0 unspecified atom stereocenters. The third-order valence-electron chi connectivity index (χ3n) is 3.20. The van der Waals surface area contributed by atoms with Gasteiger partial charge in [0.1, 0.15) is 11.6 Å². The minimum atomic E-state index is -0.613. The van der Waals surface area contributed by atoms with E-state index in [1.54, 1.807) is 6.92 Å². The Hall–Kier alpha value is -3.97. The van der Waals surface area contributed by atoms with E-state index in [1.807, 2.05) is 6.07 Å². The van der Waals surface area contributed by atoms with Crippen LogP contribution in [0.5, 0.6) is 5.88 Å². The van der Waals surface area contributed by atoms with Crippen LogP contribution in [0.25, 0.3) is 9.69 Å². The first kappa shape index (κ1) is 16.4. The predicted octanol–water partition coefficient (Wildman–Crippen LogP) is 2.99. The summed E-state index contributed by atoms with van der Waals surface area (Å²) in [4.78, 5) is 24.8. The highest BCUT2D eigenvalue weighted by Crippen LogP contribution is 2.30. The molecule has 24 heavy (non-hydrogen) atoms. The Morgan fingerprint density at radius 3 is 2.62 bits per heavy atom. The summed E-state index contributed by atoms with van der Waals surface area (Å²) >= 11 is 0. The Morgan fingerprint density at radius 1 is 1.42 bits per heavy atom. The zero-order valence-electron chi connectivity index (χ0n) is 12.7. The van der Waals surface area contributed by atoms with Crippen LogP contribution in [0.15, 0.2) is 15.0 Å². The molecule has 0 aliphatic rings. The maximum atomic E-state index is 12.3. The van der Waals surface area contributed by atoms with Gasteiger partial charge in [0.05, 0.1) is 0 Å². The summed E-state index contributed by atoms with van der Waals surface area (Å²) in [5, 5.41) is 26.6. The van der Waals surface area contributed by atoms with Crippen LogP contribution in [0.1, 0.15) is 18.1 Å². The summed E-state index contributed by atoms with van der Waals surface area (Å²) in [6, 6.07) is 1.82. The van der Waals surface area contributed by atoms with Gasteiger partial charge in [0.2, 0.25) is 5.88 Å². The number of imidazole rings is 1. The molecule has 0 atom stereocenters. The number of nitrogens with zero attached hydrogens (tertiary/aromatic N) is 7. The molecule has 2 N–H and O–H groups in total. The zero-order chi connectivity index (χ0) is 17.9. The fourth-order valence-electron chi connectivity index (χ4n) is 1.99. The molecule has 10 heteroatoms. The lowest BCUT2D eigenvalue weighted by atomic mass is 10.1. The van der Waals surface area contributed by atoms with Gasteiger partial charge in [-0.15, -0.1) is 5.11 Å². The minimum absolute atomic E-state index is 0.0754. The molecule has 118 valence electrons. The van der Waals surface area contributed by atoms with Crippen molar-refractivity contribution in [3.63, 3.8) is 0 Å². The number of aromatic nitrogens is 3. The van der Waals surface area contributed by atoms with Crippen LogP contribution >= 0.6 is 0 Å². The van der Waals surface area contributed by atoms with Crippen molar-refractivity contribution in [2.45, 2.75) is 20.4 Å². The number of pyridine rings is 1. The van der Waals surface area contributed by atoms with E-state index in [0.29, 0.717) is 0 Å². The van der Waals surface area contributed by atoms with E-state index < -0.39 is 11.4 Å². The Kier molecular flexibility index (Phi) is 4.39. The first-order valence-electron chi connectivity index (χ1n) is 6.61. The molecule has 10 nitrogen and oxygen atoms in total. The van der Waals surface area contributed by atoms with Crippen LogP contribution < -0.4 is 5.56 Å². The largest absolute Gasteiger partial charge is 0.493 e. The second-order valence-electron chi connectivity index (χ2n) is 4.49. The van der Waals surface area contributed by atoms with Crippen LogP contribution in [-0.2, 0) is 6.54 Å². The number of nitriles is 1. The van der Waals surface area contributed by atoms with Gasteiger partial charge < -0.3 is 14.8 Å². The molecule has 2 rings (SSSR count). The number of azo groups is 1. The fraction of sp³-hybridized carbons (Fsp3) is 0.214. The van der Waals surface area contributed by atoms with Gasteiger partial charge >= 0.3 is 5.95 Å². The molecule has 0 spiro atoms. The van der Waals surface area contributed by atoms with E-state index in [0.717, 1.165) is 4.57 Å². The molecule has 0 aliphatic heterocycles. The summed E-state index contributed by atoms with van der Waals surface area (Å²) in [6.45, 7) is 17.1. The second kappa shape index (κ2) is 6.42. The lowest BCUT2D eigenvalue weighted by Crippen LogP contribution is -2.20. The van der Waals surface area contributed by atoms with Crippen molar-refractivity contribution in [1.82, 2.24) is 14.5 Å². The summed E-state index contributed by atoms with van der Waals surface area (Å²) in [6.07, 6.45) is 0. The summed E-state index contributed by atoms with van der Waals surface area (Å²) in [5.74, 6) is -0.763. The van der Waals surface area contributed by atoms with Gasteiger partial charge in [-0.1, -0.05) is 23.2 Å². The number of H-pyrrole nitrogens is 1. The summed E-state index contributed by atoms with van der Waals surface area (Å²) in [5.41, 5.74) is -0.640. The maximum Gasteiger partial charge on any atom is 0.414 e. The van der Waals surface area contributed by atoms with Gasteiger partial charge in [0.25, 0.3) is 17.2 Å². The first-order valence-corrected chi connectivity index (χ1v) is 6.61. The van der Waals surface area contributed by atoms with Gasteiger partial charge in [-0.25, -0.2) is 0 Å². The smallest absolute Gasteiger partial charge is 0.414 e. The van der Waals surface area contributed by atoms with Gasteiger partial charge in [-0.2, -0.15) is 5.26 Å². The fourth-order valence-corrected chi connectivity index (χ4v) is 1.99. The first-order chi connectivity index (χ1) is 11.5. The van der Waals surface area contributed by atoms with Crippen molar-refractivity contribution in [2.24, 2.45) is 10.2 Å². The van der Waals surface area contributed by atoms with Crippen molar-refractivity contribution >= 4 is 23.3 Å². The van der Waals surface area contributed by atoms with Crippen molar-refractivity contribution < 1.29 is 5.11 Å². The molecular formula is C14H10N8O2. The molecule has 2 aromatic rings. The highest BCUT2D eigenvalue weighted by Gasteiger charge is 2.19. The van der Waals surface area contributed by atoms with E-state index in [4.69, 9.17) is 18.4 Å². The lowest BCUT2D eigenvalue weighted by Gasteiger charge is -2.10. The topological polar surface area (TPSA) is 128 Å². The standard InChI is InChI=1S/C14H10N8O2/c1-5-22-12(23)8(6-15)7(2)9(13(22)24)20-21-14-18-10(16-3)11(17-4)19-14/h23H,5H2,1-2H3,(H,18,19). The van der Waals surface area contributed by atoms with Gasteiger partial charge in [-0.3, -0.25) is 14.3 Å². The molecule has 0 saturated carbocycles. The van der Waals surface area contributed by atoms with Crippen molar-refractivity contribution in [3.8, 4) is 11.9 Å². The molecule has 0 aliphatic carbocycles. The van der Waals surface area contributed by atoms with E-state index in [2.05, 4.69) is 29.9 Å². The molecular weight excluding hydrogens is 312 g/mol. The lowest BCUT2D eigenvalue weighted by molar-refractivity contribution is 0.409. The summed E-state index contributed by atoms with van der Waals surface area (Å²) < 4.78 is 0.997. The van der Waals surface area contributed by atoms with Crippen LogP contribution in [0, 0.1) is 31.4 Å². The molecule has 0 amide bonds. The highest BCUT2D eigenvalue weighted by atomic mass is 16.3. The average Bonchev–Trinajstić information content (AvgIpc) is 2.98. The molecule has 0 fully saturated rings. The van der Waals surface area contributed by atoms with Gasteiger partial charge in [0.15, 0.2) is 5.69 Å². The van der Waals surface area contributed by atoms with E-state index in [-0.39, 0.29) is 40.9 Å². The monoisotopic (exact) mass is 322 g/mol. The number of aromatic amines is 1. The number of nitrogens with one attached hydrogen (secondary N) is 1. The van der Waals surface area contributed by atoms with E-state index in [1.165, 1.54) is 6.92 Å². The molecule has 0 bridgehead atoms. The van der Waals surface area contributed by atoms with Crippen LogP contribution in [-0.4, -0.2) is 19.6 Å². The quantitative estimate of drug-likeness (QED) is 0.664. The molecule has 0 saturated heterocycles. The average molecular weight is 322 g/mol. The molecule has 0 radical (unpaired) electrons. The Balaban J connectivity index is 2.61. The third-order valence-corrected chi connectivity index (χ3v) is 3.20. The molecule has 2 heterocycles. The van der Waals surface area contributed by atoms with Crippen LogP contribution in [0.4, 0.5) is 23.3 Å². The highest BCUT2D eigenvalue weighted by molar-refractivity contribution is 5.64. The van der Waals surface area contributed by atoms with E-state index in [9.17, 15) is 9.90 Å². The number of aromatic hydroxyl groups is 1. The number of rotatable bonds is 3. The predicted molar refractivity (Wildman–Crippen MR) is 82.8 cm³/mol. The Labute approximate surface area is 136 Å². The third kappa shape index (κ3) is 2.58. The van der Waals surface area contributed by atoms with Crippen LogP contribution in [0.3, 0.4) is 0 Å². The second-order valence-corrected chi connectivity index (χ2v) is 4.49. The number of hydrogen-bond acceptors (Lipinski definition) is 6. The normalized spacial score (nSPS) is 10.3. The minimum Gasteiger partial charge on any atom is -0.493 e. The van der Waals surface area contributed by atoms with Crippen LogP contribution in [0.2, 0.25) is 0 Å². The molecule has 0 aromatic carbocycles. The van der Waals surface area contributed by atoms with Gasteiger partial charge in [0, 0.05) is 12.1 Å². The van der Waals surface area contributed by atoms with Crippen molar-refractivity contribution in [2.75, 3.05) is 0 Å². The molecule has 2 aromatic heterocycles. The Bertz CT molecular complexity index is 992. The SMILES string of the molecule is [C-]#[N+]c1nc(N=Nc2c(C)c(C#N)c(O)n(CC)c2=O)[nH]c1[N+]#[C-]. The van der Waals surface area contributed by atoms with Crippen molar-refractivity contribution in [3.05, 3.63) is 44.3 Å². The Morgan fingerprint density at radius 2 is 2.12 bits per heavy atom.